The number of carbonyl (C=O) groups is 1. The molecule has 1 N–H and O–H groups in total. The molecule has 4 rings (SSSR count). The van der Waals surface area contributed by atoms with E-state index in [-0.39, 0.29) is 23.1 Å². The highest BCUT2D eigenvalue weighted by molar-refractivity contribution is 7.89. The number of benzene rings is 2. The maximum absolute atomic E-state index is 13.2. The summed E-state index contributed by atoms with van der Waals surface area (Å²) in [6.45, 7) is 1.34. The van der Waals surface area contributed by atoms with Crippen LogP contribution in [0.5, 0.6) is 17.2 Å². The van der Waals surface area contributed by atoms with Crippen LogP contribution in [-0.4, -0.2) is 52.0 Å². The maximum atomic E-state index is 13.2. The molecule has 2 aromatic carbocycles. The van der Waals surface area contributed by atoms with E-state index in [0.29, 0.717) is 54.8 Å². The molecule has 166 valence electrons. The number of fused-ring (bicyclic) bond motifs is 1. The Bertz CT molecular complexity index is 1090. The zero-order chi connectivity index (χ0) is 22.0. The van der Waals surface area contributed by atoms with Crippen LogP contribution in [0.25, 0.3) is 0 Å². The number of anilines is 1. The van der Waals surface area contributed by atoms with Crippen molar-refractivity contribution in [1.29, 1.82) is 0 Å². The topological polar surface area (TPSA) is 94.2 Å². The Morgan fingerprint density at radius 2 is 1.94 bits per heavy atom. The SMILES string of the molecule is COc1ccc(Cl)cc1S(=O)(=O)N1CCC[C@H](C(=O)Nc2ccc3c(c2)OCCO3)C1. The summed E-state index contributed by atoms with van der Waals surface area (Å²) >= 11 is 6.02. The van der Waals surface area contributed by atoms with Crippen LogP contribution in [0.3, 0.4) is 0 Å². The van der Waals surface area contributed by atoms with Crippen LogP contribution < -0.4 is 19.5 Å². The first-order valence-corrected chi connectivity index (χ1v) is 11.7. The zero-order valence-electron chi connectivity index (χ0n) is 17.0. The molecule has 1 atom stereocenters. The van der Waals surface area contributed by atoms with Gasteiger partial charge >= 0.3 is 0 Å². The van der Waals surface area contributed by atoms with Gasteiger partial charge in [-0.1, -0.05) is 11.6 Å². The fourth-order valence-corrected chi connectivity index (χ4v) is 5.67. The molecule has 1 fully saturated rings. The first-order chi connectivity index (χ1) is 14.9. The van der Waals surface area contributed by atoms with E-state index < -0.39 is 15.9 Å². The van der Waals surface area contributed by atoms with E-state index in [1.165, 1.54) is 23.5 Å². The third-order valence-electron chi connectivity index (χ3n) is 5.31. The van der Waals surface area contributed by atoms with Crippen LogP contribution in [0.15, 0.2) is 41.3 Å². The lowest BCUT2D eigenvalue weighted by Gasteiger charge is -2.31. The van der Waals surface area contributed by atoms with Gasteiger partial charge in [0.2, 0.25) is 15.9 Å². The Hall–Kier alpha value is -2.49. The second kappa shape index (κ2) is 8.94. The first kappa shape index (κ1) is 21.7. The van der Waals surface area contributed by atoms with Gasteiger partial charge in [-0.05, 0) is 43.2 Å². The molecule has 1 saturated heterocycles. The van der Waals surface area contributed by atoms with Gasteiger partial charge in [0.25, 0.3) is 0 Å². The maximum Gasteiger partial charge on any atom is 0.246 e. The molecule has 8 nitrogen and oxygen atoms in total. The number of amides is 1. The van der Waals surface area contributed by atoms with Gasteiger partial charge in [0.15, 0.2) is 11.5 Å². The summed E-state index contributed by atoms with van der Waals surface area (Å²) in [6, 6.07) is 9.65. The monoisotopic (exact) mass is 466 g/mol. The molecule has 2 aliphatic heterocycles. The molecule has 0 saturated carbocycles. The molecule has 0 bridgehead atoms. The summed E-state index contributed by atoms with van der Waals surface area (Å²) in [5.41, 5.74) is 0.575. The van der Waals surface area contributed by atoms with Gasteiger partial charge in [0.1, 0.15) is 23.9 Å². The van der Waals surface area contributed by atoms with Crippen LogP contribution >= 0.6 is 11.6 Å². The number of sulfonamides is 1. The average molecular weight is 467 g/mol. The highest BCUT2D eigenvalue weighted by atomic mass is 35.5. The molecule has 0 aromatic heterocycles. The third kappa shape index (κ3) is 4.58. The molecule has 31 heavy (non-hydrogen) atoms. The number of ether oxygens (including phenoxy) is 3. The number of hydrogen-bond acceptors (Lipinski definition) is 6. The molecule has 2 heterocycles. The van der Waals surface area contributed by atoms with Gasteiger partial charge in [0.05, 0.1) is 13.0 Å². The van der Waals surface area contributed by atoms with Crippen molar-refractivity contribution in [3.05, 3.63) is 41.4 Å². The summed E-state index contributed by atoms with van der Waals surface area (Å²) in [7, 11) is -2.47. The van der Waals surface area contributed by atoms with Gasteiger partial charge in [-0.15, -0.1) is 0 Å². The lowest BCUT2D eigenvalue weighted by atomic mass is 9.98. The summed E-state index contributed by atoms with van der Waals surface area (Å²) in [6.07, 6.45) is 1.16. The lowest BCUT2D eigenvalue weighted by molar-refractivity contribution is -0.120. The fraction of sp³-hybridized carbons (Fsp3) is 0.381. The van der Waals surface area contributed by atoms with E-state index in [1.807, 2.05) is 0 Å². The molecule has 2 aromatic rings. The lowest BCUT2D eigenvalue weighted by Crippen LogP contribution is -2.43. The van der Waals surface area contributed by atoms with E-state index >= 15 is 0 Å². The number of methoxy groups -OCH3 is 1. The number of carbonyl (C=O) groups excluding carboxylic acids is 1. The molecule has 1 amide bonds. The van der Waals surface area contributed by atoms with Crippen molar-refractivity contribution in [1.82, 2.24) is 4.31 Å². The smallest absolute Gasteiger partial charge is 0.246 e. The Kier molecular flexibility index (Phi) is 6.27. The minimum atomic E-state index is -3.87. The van der Waals surface area contributed by atoms with Crippen molar-refractivity contribution >= 4 is 33.2 Å². The summed E-state index contributed by atoms with van der Waals surface area (Å²) in [5, 5.41) is 3.16. The van der Waals surface area contributed by atoms with Gasteiger partial charge in [-0.25, -0.2) is 8.42 Å². The fourth-order valence-electron chi connectivity index (χ4n) is 3.73. The van der Waals surface area contributed by atoms with Crippen molar-refractivity contribution < 1.29 is 27.4 Å². The van der Waals surface area contributed by atoms with Crippen molar-refractivity contribution in [3.8, 4) is 17.2 Å². The standard InChI is InChI=1S/C21H23ClN2O6S/c1-28-18-6-4-15(22)11-20(18)31(26,27)24-8-2-3-14(13-24)21(25)23-16-5-7-17-19(12-16)30-10-9-29-17/h4-7,11-12,14H,2-3,8-10,13H2,1H3,(H,23,25)/t14-/m0/s1. The highest BCUT2D eigenvalue weighted by Gasteiger charge is 2.35. The molecule has 2 aliphatic rings. The van der Waals surface area contributed by atoms with Crippen LogP contribution in [0.1, 0.15) is 12.8 Å². The summed E-state index contributed by atoms with van der Waals surface area (Å²) < 4.78 is 44.0. The second-order valence-electron chi connectivity index (χ2n) is 7.35. The van der Waals surface area contributed by atoms with Gasteiger partial charge < -0.3 is 19.5 Å². The van der Waals surface area contributed by atoms with E-state index in [2.05, 4.69) is 5.32 Å². The van der Waals surface area contributed by atoms with Crippen LogP contribution in [0.2, 0.25) is 5.02 Å². The Labute approximate surface area is 186 Å². The second-order valence-corrected chi connectivity index (χ2v) is 9.69. The molecular weight excluding hydrogens is 444 g/mol. The largest absolute Gasteiger partial charge is 0.495 e. The number of nitrogens with zero attached hydrogens (tertiary/aromatic N) is 1. The third-order valence-corrected chi connectivity index (χ3v) is 7.43. The molecule has 0 spiro atoms. The summed E-state index contributed by atoms with van der Waals surface area (Å²) in [4.78, 5) is 12.9. The zero-order valence-corrected chi connectivity index (χ0v) is 18.5. The minimum Gasteiger partial charge on any atom is -0.495 e. The normalized spacial score (nSPS) is 19.0. The van der Waals surface area contributed by atoms with E-state index in [1.54, 1.807) is 24.3 Å². The predicted octanol–water partition coefficient (Wildman–Crippen LogP) is 3.16. The van der Waals surface area contributed by atoms with Gasteiger partial charge in [0, 0.05) is 29.9 Å². The Morgan fingerprint density at radius 1 is 1.16 bits per heavy atom. The van der Waals surface area contributed by atoms with Crippen molar-refractivity contribution in [2.45, 2.75) is 17.7 Å². The van der Waals surface area contributed by atoms with E-state index in [4.69, 9.17) is 25.8 Å². The van der Waals surface area contributed by atoms with Crippen LogP contribution in [0.4, 0.5) is 5.69 Å². The Balaban J connectivity index is 1.49. The molecular formula is C21H23ClN2O6S. The first-order valence-electron chi connectivity index (χ1n) is 9.92. The number of hydrogen-bond donors (Lipinski definition) is 1. The molecule has 10 heteroatoms. The summed E-state index contributed by atoms with van der Waals surface area (Å²) in [5.74, 6) is 0.698. The molecule has 0 unspecified atom stereocenters. The number of halogens is 1. The number of piperidine rings is 1. The van der Waals surface area contributed by atoms with Crippen LogP contribution in [-0.2, 0) is 14.8 Å². The van der Waals surface area contributed by atoms with Crippen molar-refractivity contribution in [2.75, 3.05) is 38.7 Å². The highest BCUT2D eigenvalue weighted by Crippen LogP contribution is 2.34. The number of nitrogens with one attached hydrogen (secondary N) is 1. The quantitative estimate of drug-likeness (QED) is 0.727. The van der Waals surface area contributed by atoms with Gasteiger partial charge in [-0.3, -0.25) is 4.79 Å². The number of rotatable bonds is 5. The van der Waals surface area contributed by atoms with Crippen molar-refractivity contribution in [2.24, 2.45) is 5.92 Å². The predicted molar refractivity (Wildman–Crippen MR) is 116 cm³/mol. The van der Waals surface area contributed by atoms with E-state index in [0.717, 1.165) is 0 Å². The average Bonchev–Trinajstić information content (AvgIpc) is 2.79. The van der Waals surface area contributed by atoms with Crippen LogP contribution in [0, 0.1) is 5.92 Å². The molecule has 0 aliphatic carbocycles. The Morgan fingerprint density at radius 3 is 2.71 bits per heavy atom. The van der Waals surface area contributed by atoms with E-state index in [9.17, 15) is 13.2 Å². The molecule has 0 radical (unpaired) electrons. The van der Waals surface area contributed by atoms with Crippen molar-refractivity contribution in [3.63, 3.8) is 0 Å². The minimum absolute atomic E-state index is 0.00426. The van der Waals surface area contributed by atoms with Gasteiger partial charge in [-0.2, -0.15) is 4.31 Å².